The van der Waals surface area contributed by atoms with Crippen molar-refractivity contribution in [3.63, 3.8) is 0 Å². The van der Waals surface area contributed by atoms with Gasteiger partial charge in [0.15, 0.2) is 0 Å². The first-order valence-corrected chi connectivity index (χ1v) is 8.27. The van der Waals surface area contributed by atoms with Gasteiger partial charge in [0.1, 0.15) is 11.5 Å². The van der Waals surface area contributed by atoms with Crippen molar-refractivity contribution in [3.8, 4) is 11.1 Å². The van der Waals surface area contributed by atoms with Gasteiger partial charge in [0.25, 0.3) is 0 Å². The van der Waals surface area contributed by atoms with Gasteiger partial charge in [-0.05, 0) is 49.7 Å². The van der Waals surface area contributed by atoms with Gasteiger partial charge < -0.3 is 10.3 Å². The predicted octanol–water partition coefficient (Wildman–Crippen LogP) is 4.25. The Morgan fingerprint density at radius 2 is 1.92 bits per heavy atom. The zero-order valence-corrected chi connectivity index (χ0v) is 14.2. The normalized spacial score (nSPS) is 11.0. The zero-order chi connectivity index (χ0) is 17.2. The average Bonchev–Trinajstić information content (AvgIpc) is 3.09. The van der Waals surface area contributed by atoms with Crippen LogP contribution in [0.3, 0.4) is 0 Å². The molecule has 4 rings (SSSR count). The van der Waals surface area contributed by atoms with E-state index in [9.17, 15) is 0 Å². The first kappa shape index (κ1) is 15.3. The van der Waals surface area contributed by atoms with E-state index in [-0.39, 0.29) is 0 Å². The van der Waals surface area contributed by atoms with Gasteiger partial charge in [0.2, 0.25) is 0 Å². The number of nitrogens with zero attached hydrogens (tertiary/aromatic N) is 3. The van der Waals surface area contributed by atoms with Crippen LogP contribution >= 0.6 is 0 Å². The number of anilines is 1. The van der Waals surface area contributed by atoms with Crippen LogP contribution in [0.1, 0.15) is 17.1 Å². The van der Waals surface area contributed by atoms with Gasteiger partial charge in [0, 0.05) is 34.7 Å². The fourth-order valence-electron chi connectivity index (χ4n) is 3.01. The van der Waals surface area contributed by atoms with E-state index in [1.54, 1.807) is 6.20 Å². The molecule has 124 valence electrons. The third kappa shape index (κ3) is 3.08. The third-order valence-corrected chi connectivity index (χ3v) is 4.22. The maximum Gasteiger partial charge on any atom is 0.140 e. The largest absolute Gasteiger partial charge is 0.364 e. The highest BCUT2D eigenvalue weighted by Gasteiger charge is 2.11. The van der Waals surface area contributed by atoms with Crippen LogP contribution < -0.4 is 5.32 Å². The Hall–Kier alpha value is -3.21. The summed E-state index contributed by atoms with van der Waals surface area (Å²) >= 11 is 0. The lowest BCUT2D eigenvalue weighted by Crippen LogP contribution is -2.03. The molecule has 0 aliphatic carbocycles. The molecule has 4 aromatic heterocycles. The van der Waals surface area contributed by atoms with Crippen LogP contribution in [-0.4, -0.2) is 19.9 Å². The Labute approximate surface area is 146 Å². The lowest BCUT2D eigenvalue weighted by molar-refractivity contribution is 1.03. The van der Waals surface area contributed by atoms with Crippen LogP contribution in [0.5, 0.6) is 0 Å². The molecule has 0 radical (unpaired) electrons. The number of rotatable bonds is 4. The number of pyridine rings is 3. The van der Waals surface area contributed by atoms with Crippen molar-refractivity contribution in [3.05, 3.63) is 71.9 Å². The summed E-state index contributed by atoms with van der Waals surface area (Å²) in [6.45, 7) is 4.68. The standard InChI is InChI=1S/C20H19N5/c1-13-6-7-16(14(2)24-13)18-11-19(25-20-17(18)8-10-22-20)23-12-15-5-3-4-9-21-15/h3-11H,12H2,1-2H3,(H2,22,23,25). The first-order valence-electron chi connectivity index (χ1n) is 8.27. The number of aromatic amines is 1. The average molecular weight is 329 g/mol. The number of hydrogen-bond acceptors (Lipinski definition) is 4. The molecule has 2 N–H and O–H groups in total. The monoisotopic (exact) mass is 329 g/mol. The van der Waals surface area contributed by atoms with Crippen molar-refractivity contribution in [2.24, 2.45) is 0 Å². The SMILES string of the molecule is Cc1ccc(-c2cc(NCc3ccccn3)nc3[nH]ccc23)c(C)n1. The van der Waals surface area contributed by atoms with E-state index in [1.165, 1.54) is 0 Å². The maximum absolute atomic E-state index is 4.67. The molecule has 5 heteroatoms. The summed E-state index contributed by atoms with van der Waals surface area (Å²) in [6, 6.07) is 14.2. The Balaban J connectivity index is 1.74. The van der Waals surface area contributed by atoms with Gasteiger partial charge in [-0.15, -0.1) is 0 Å². The molecule has 25 heavy (non-hydrogen) atoms. The van der Waals surface area contributed by atoms with Crippen LogP contribution in [0.2, 0.25) is 0 Å². The second-order valence-corrected chi connectivity index (χ2v) is 6.06. The topological polar surface area (TPSA) is 66.5 Å². The van der Waals surface area contributed by atoms with Crippen molar-refractivity contribution in [1.82, 2.24) is 19.9 Å². The number of hydrogen-bond donors (Lipinski definition) is 2. The molecule has 4 aromatic rings. The van der Waals surface area contributed by atoms with Crippen molar-refractivity contribution in [2.75, 3.05) is 5.32 Å². The number of aromatic nitrogens is 4. The molecule has 0 aromatic carbocycles. The lowest BCUT2D eigenvalue weighted by atomic mass is 10.0. The van der Waals surface area contributed by atoms with Crippen LogP contribution in [0.4, 0.5) is 5.82 Å². The molecule has 0 atom stereocenters. The second-order valence-electron chi connectivity index (χ2n) is 6.06. The molecule has 4 heterocycles. The summed E-state index contributed by atoms with van der Waals surface area (Å²) in [5.74, 6) is 0.815. The predicted molar refractivity (Wildman–Crippen MR) is 100 cm³/mol. The van der Waals surface area contributed by atoms with Crippen LogP contribution in [-0.2, 0) is 6.54 Å². The van der Waals surface area contributed by atoms with E-state index in [1.807, 2.05) is 44.3 Å². The summed E-state index contributed by atoms with van der Waals surface area (Å²) in [5.41, 5.74) is 6.13. The van der Waals surface area contributed by atoms with Gasteiger partial charge in [-0.25, -0.2) is 4.98 Å². The third-order valence-electron chi connectivity index (χ3n) is 4.22. The van der Waals surface area contributed by atoms with Gasteiger partial charge in [-0.3, -0.25) is 9.97 Å². The smallest absolute Gasteiger partial charge is 0.140 e. The van der Waals surface area contributed by atoms with Crippen LogP contribution in [0, 0.1) is 13.8 Å². The molecule has 0 unspecified atom stereocenters. The van der Waals surface area contributed by atoms with Gasteiger partial charge in [-0.1, -0.05) is 12.1 Å². The molecular weight excluding hydrogens is 310 g/mol. The molecule has 0 bridgehead atoms. The fourth-order valence-corrected chi connectivity index (χ4v) is 3.01. The molecule has 0 saturated carbocycles. The highest BCUT2D eigenvalue weighted by atomic mass is 15.0. The minimum Gasteiger partial charge on any atom is -0.364 e. The van der Waals surface area contributed by atoms with Crippen molar-refractivity contribution in [2.45, 2.75) is 20.4 Å². The Bertz CT molecular complexity index is 1020. The van der Waals surface area contributed by atoms with E-state index < -0.39 is 0 Å². The fraction of sp³-hybridized carbons (Fsp3) is 0.150. The van der Waals surface area contributed by atoms with E-state index >= 15 is 0 Å². The van der Waals surface area contributed by atoms with Crippen molar-refractivity contribution < 1.29 is 0 Å². The summed E-state index contributed by atoms with van der Waals surface area (Å²) in [6.07, 6.45) is 3.71. The number of fused-ring (bicyclic) bond motifs is 1. The van der Waals surface area contributed by atoms with E-state index in [0.29, 0.717) is 6.54 Å². The molecule has 0 fully saturated rings. The van der Waals surface area contributed by atoms with E-state index in [4.69, 9.17) is 0 Å². The molecule has 5 nitrogen and oxygen atoms in total. The first-order chi connectivity index (χ1) is 12.2. The minimum atomic E-state index is 0.630. The Morgan fingerprint density at radius 3 is 2.72 bits per heavy atom. The van der Waals surface area contributed by atoms with E-state index in [0.717, 1.165) is 45.1 Å². The quantitative estimate of drug-likeness (QED) is 0.587. The number of H-pyrrole nitrogens is 1. The summed E-state index contributed by atoms with van der Waals surface area (Å²) in [4.78, 5) is 16.8. The molecule has 0 aliphatic rings. The van der Waals surface area contributed by atoms with Gasteiger partial charge in [0.05, 0.1) is 12.2 Å². The van der Waals surface area contributed by atoms with Crippen LogP contribution in [0.25, 0.3) is 22.2 Å². The van der Waals surface area contributed by atoms with E-state index in [2.05, 4.69) is 43.5 Å². The van der Waals surface area contributed by atoms with Gasteiger partial charge >= 0.3 is 0 Å². The summed E-state index contributed by atoms with van der Waals surface area (Å²) in [7, 11) is 0. The molecule has 0 saturated heterocycles. The molecular formula is C20H19N5. The van der Waals surface area contributed by atoms with Gasteiger partial charge in [-0.2, -0.15) is 0 Å². The maximum atomic E-state index is 4.67. The Kier molecular flexibility index (Phi) is 3.90. The summed E-state index contributed by atoms with van der Waals surface area (Å²) < 4.78 is 0. The molecule has 0 amide bonds. The second kappa shape index (κ2) is 6.36. The molecule has 0 aliphatic heterocycles. The molecule has 0 spiro atoms. The van der Waals surface area contributed by atoms with Crippen LogP contribution in [0.15, 0.2) is 54.9 Å². The zero-order valence-electron chi connectivity index (χ0n) is 14.2. The number of aryl methyl sites for hydroxylation is 2. The minimum absolute atomic E-state index is 0.630. The van der Waals surface area contributed by atoms with Crippen molar-refractivity contribution >= 4 is 16.9 Å². The highest BCUT2D eigenvalue weighted by Crippen LogP contribution is 2.31. The number of nitrogens with one attached hydrogen (secondary N) is 2. The lowest BCUT2D eigenvalue weighted by Gasteiger charge is -2.11. The Morgan fingerprint density at radius 1 is 1.00 bits per heavy atom. The highest BCUT2D eigenvalue weighted by molar-refractivity contribution is 5.95. The summed E-state index contributed by atoms with van der Waals surface area (Å²) in [5, 5.41) is 4.46. The van der Waals surface area contributed by atoms with Crippen molar-refractivity contribution in [1.29, 1.82) is 0 Å².